The number of nitrogens with zero attached hydrogens (tertiary/aromatic N) is 1. The molecule has 1 amide bonds. The molecule has 0 aliphatic heterocycles. The summed E-state index contributed by atoms with van der Waals surface area (Å²) < 4.78 is 27.8. The molecule has 0 radical (unpaired) electrons. The Balaban J connectivity index is 2.42. The maximum Gasteiger partial charge on any atom is 0.261 e. The highest BCUT2D eigenvalue weighted by Gasteiger charge is 2.20. The number of rotatable bonds is 2. The summed E-state index contributed by atoms with van der Waals surface area (Å²) in [7, 11) is 1.49. The second-order valence-electron chi connectivity index (χ2n) is 4.65. The van der Waals surface area contributed by atoms with Crippen molar-refractivity contribution in [3.05, 3.63) is 57.6 Å². The number of halogens is 3. The molecule has 2 aromatic carbocycles. The van der Waals surface area contributed by atoms with Crippen LogP contribution in [0.25, 0.3) is 0 Å². The van der Waals surface area contributed by atoms with Crippen molar-refractivity contribution in [2.24, 2.45) is 0 Å². The summed E-state index contributed by atoms with van der Waals surface area (Å²) in [5.74, 6) is -2.18. The molecule has 0 aliphatic rings. The van der Waals surface area contributed by atoms with E-state index in [1.807, 2.05) is 0 Å². The van der Waals surface area contributed by atoms with Crippen LogP contribution in [0.5, 0.6) is 0 Å². The zero-order valence-electron chi connectivity index (χ0n) is 11.5. The third-order valence-corrected chi connectivity index (χ3v) is 3.63. The van der Waals surface area contributed by atoms with E-state index in [0.29, 0.717) is 17.4 Å². The van der Waals surface area contributed by atoms with Crippen LogP contribution in [0.4, 0.5) is 20.2 Å². The largest absolute Gasteiger partial charge is 0.397 e. The molecule has 2 N–H and O–H groups in total. The molecule has 0 saturated heterocycles. The fraction of sp³-hybridized carbons (Fsp3) is 0.133. The maximum atomic E-state index is 13.8. The van der Waals surface area contributed by atoms with Gasteiger partial charge in [-0.05, 0) is 36.8 Å². The van der Waals surface area contributed by atoms with E-state index in [-0.39, 0.29) is 11.1 Å². The molecular formula is C15H13BrF2N2O. The van der Waals surface area contributed by atoms with Gasteiger partial charge in [0.05, 0.1) is 16.9 Å². The highest BCUT2D eigenvalue weighted by Crippen LogP contribution is 2.27. The van der Waals surface area contributed by atoms with Gasteiger partial charge < -0.3 is 10.6 Å². The van der Waals surface area contributed by atoms with Crippen molar-refractivity contribution in [3.8, 4) is 0 Å². The van der Waals surface area contributed by atoms with Gasteiger partial charge >= 0.3 is 0 Å². The second-order valence-corrected chi connectivity index (χ2v) is 5.56. The van der Waals surface area contributed by atoms with Crippen LogP contribution in [-0.4, -0.2) is 13.0 Å². The SMILES string of the molecule is Cc1cc(C(=O)N(C)c2ccc(Br)cc2N)c(F)cc1F. The molecule has 6 heteroatoms. The van der Waals surface area contributed by atoms with Gasteiger partial charge in [0, 0.05) is 17.6 Å². The van der Waals surface area contributed by atoms with Crippen LogP contribution in [0.3, 0.4) is 0 Å². The van der Waals surface area contributed by atoms with Crippen LogP contribution < -0.4 is 10.6 Å². The van der Waals surface area contributed by atoms with Gasteiger partial charge in [0.2, 0.25) is 0 Å². The van der Waals surface area contributed by atoms with Crippen molar-refractivity contribution < 1.29 is 13.6 Å². The first-order valence-corrected chi connectivity index (χ1v) is 6.89. The molecule has 0 bridgehead atoms. The van der Waals surface area contributed by atoms with Crippen molar-refractivity contribution >= 4 is 33.2 Å². The lowest BCUT2D eigenvalue weighted by atomic mass is 10.1. The zero-order chi connectivity index (χ0) is 15.7. The minimum Gasteiger partial charge on any atom is -0.397 e. The molecule has 3 nitrogen and oxygen atoms in total. The third kappa shape index (κ3) is 3.05. The summed E-state index contributed by atoms with van der Waals surface area (Å²) in [6, 6.07) is 6.92. The number of nitrogens with two attached hydrogens (primary N) is 1. The van der Waals surface area contributed by atoms with Gasteiger partial charge in [0.25, 0.3) is 5.91 Å². The molecule has 0 unspecified atom stereocenters. The van der Waals surface area contributed by atoms with Crippen molar-refractivity contribution in [2.75, 3.05) is 17.7 Å². The van der Waals surface area contributed by atoms with Crippen LogP contribution in [-0.2, 0) is 0 Å². The number of benzene rings is 2. The topological polar surface area (TPSA) is 46.3 Å². The van der Waals surface area contributed by atoms with Crippen molar-refractivity contribution in [3.63, 3.8) is 0 Å². The Kier molecular flexibility index (Phi) is 4.27. The van der Waals surface area contributed by atoms with E-state index in [1.165, 1.54) is 24.9 Å². The van der Waals surface area contributed by atoms with Crippen molar-refractivity contribution in [2.45, 2.75) is 6.92 Å². The molecule has 0 fully saturated rings. The van der Waals surface area contributed by atoms with E-state index in [0.717, 1.165) is 4.47 Å². The van der Waals surface area contributed by atoms with Gasteiger partial charge in [-0.2, -0.15) is 0 Å². The molecule has 0 saturated carbocycles. The molecule has 0 heterocycles. The Hall–Kier alpha value is -1.95. The summed E-state index contributed by atoms with van der Waals surface area (Å²) in [4.78, 5) is 13.6. The van der Waals surface area contributed by atoms with Crippen LogP contribution >= 0.6 is 15.9 Å². The Morgan fingerprint density at radius 3 is 2.48 bits per heavy atom. The standard InChI is InChI=1S/C15H13BrF2N2O/c1-8-5-10(12(18)7-11(8)17)15(21)20(2)14-4-3-9(16)6-13(14)19/h3-7H,19H2,1-2H3. The van der Waals surface area contributed by atoms with E-state index >= 15 is 0 Å². The van der Waals surface area contributed by atoms with Crippen LogP contribution in [0.2, 0.25) is 0 Å². The Bertz CT molecular complexity index is 719. The number of nitrogen functional groups attached to an aromatic ring is 1. The average Bonchev–Trinajstić information content (AvgIpc) is 2.41. The third-order valence-electron chi connectivity index (χ3n) is 3.13. The normalized spacial score (nSPS) is 10.5. The van der Waals surface area contributed by atoms with Crippen LogP contribution in [0.1, 0.15) is 15.9 Å². The lowest BCUT2D eigenvalue weighted by molar-refractivity contribution is 0.0989. The molecule has 0 spiro atoms. The minimum atomic E-state index is -0.898. The second kappa shape index (κ2) is 5.81. The molecule has 110 valence electrons. The summed E-state index contributed by atoms with van der Waals surface area (Å²) in [5.41, 5.74) is 6.69. The monoisotopic (exact) mass is 354 g/mol. The van der Waals surface area contributed by atoms with E-state index in [9.17, 15) is 13.6 Å². The maximum absolute atomic E-state index is 13.8. The summed E-state index contributed by atoms with van der Waals surface area (Å²) >= 11 is 3.27. The summed E-state index contributed by atoms with van der Waals surface area (Å²) in [5, 5.41) is 0. The lowest BCUT2D eigenvalue weighted by Gasteiger charge is -2.20. The Morgan fingerprint density at radius 2 is 1.86 bits per heavy atom. The van der Waals surface area contributed by atoms with Crippen LogP contribution in [0.15, 0.2) is 34.8 Å². The van der Waals surface area contributed by atoms with E-state index in [1.54, 1.807) is 18.2 Å². The van der Waals surface area contributed by atoms with Gasteiger partial charge in [0.1, 0.15) is 11.6 Å². The predicted octanol–water partition coefficient (Wildman–Crippen LogP) is 3.89. The molecule has 0 atom stereocenters. The number of hydrogen-bond acceptors (Lipinski definition) is 2. The predicted molar refractivity (Wildman–Crippen MR) is 82.4 cm³/mol. The molecular weight excluding hydrogens is 342 g/mol. The first-order chi connectivity index (χ1) is 9.81. The first kappa shape index (κ1) is 15.4. The summed E-state index contributed by atoms with van der Waals surface area (Å²) in [6.07, 6.45) is 0. The van der Waals surface area contributed by atoms with E-state index < -0.39 is 17.5 Å². The Labute approximate surface area is 129 Å². The molecule has 0 aromatic heterocycles. The van der Waals surface area contributed by atoms with Gasteiger partial charge in [0.15, 0.2) is 0 Å². The van der Waals surface area contributed by atoms with Gasteiger partial charge in [-0.25, -0.2) is 8.78 Å². The number of hydrogen-bond donors (Lipinski definition) is 1. The highest BCUT2D eigenvalue weighted by molar-refractivity contribution is 9.10. The van der Waals surface area contributed by atoms with E-state index in [4.69, 9.17) is 5.73 Å². The van der Waals surface area contributed by atoms with Crippen LogP contribution in [0, 0.1) is 18.6 Å². The number of carbonyl (C=O) groups is 1. The molecule has 2 rings (SSSR count). The average molecular weight is 355 g/mol. The summed E-state index contributed by atoms with van der Waals surface area (Å²) in [6.45, 7) is 1.47. The van der Waals surface area contributed by atoms with E-state index in [2.05, 4.69) is 15.9 Å². The fourth-order valence-electron chi connectivity index (χ4n) is 1.94. The van der Waals surface area contributed by atoms with Gasteiger partial charge in [-0.3, -0.25) is 4.79 Å². The van der Waals surface area contributed by atoms with Gasteiger partial charge in [-0.1, -0.05) is 15.9 Å². The highest BCUT2D eigenvalue weighted by atomic mass is 79.9. The first-order valence-electron chi connectivity index (χ1n) is 6.10. The van der Waals surface area contributed by atoms with Gasteiger partial charge in [-0.15, -0.1) is 0 Å². The molecule has 0 aliphatic carbocycles. The van der Waals surface area contributed by atoms with Crippen molar-refractivity contribution in [1.29, 1.82) is 0 Å². The number of aryl methyl sites for hydroxylation is 1. The van der Waals surface area contributed by atoms with Crippen molar-refractivity contribution in [1.82, 2.24) is 0 Å². The molecule has 2 aromatic rings. The lowest BCUT2D eigenvalue weighted by Crippen LogP contribution is -2.28. The number of anilines is 2. The minimum absolute atomic E-state index is 0.196. The number of amides is 1. The number of carbonyl (C=O) groups excluding carboxylic acids is 1. The Morgan fingerprint density at radius 1 is 1.19 bits per heavy atom. The fourth-order valence-corrected chi connectivity index (χ4v) is 2.32. The zero-order valence-corrected chi connectivity index (χ0v) is 13.0. The quantitative estimate of drug-likeness (QED) is 0.831. The smallest absolute Gasteiger partial charge is 0.261 e. The molecule has 21 heavy (non-hydrogen) atoms.